The van der Waals surface area contributed by atoms with Crippen molar-refractivity contribution >= 4 is 46.2 Å². The van der Waals surface area contributed by atoms with Gasteiger partial charge in [0.1, 0.15) is 0 Å². The van der Waals surface area contributed by atoms with Crippen LogP contribution in [0.15, 0.2) is 48.5 Å². The van der Waals surface area contributed by atoms with Gasteiger partial charge in [-0.15, -0.1) is 0 Å². The molecule has 0 aromatic heterocycles. The number of esters is 1. The molecule has 0 fully saturated rings. The Labute approximate surface area is 208 Å². The molecule has 184 valence electrons. The van der Waals surface area contributed by atoms with Gasteiger partial charge in [-0.05, 0) is 74.2 Å². The van der Waals surface area contributed by atoms with Crippen molar-refractivity contribution < 1.29 is 14.3 Å². The molecule has 0 aliphatic heterocycles. The maximum absolute atomic E-state index is 12.9. The Bertz CT molecular complexity index is 966. The molecule has 0 aliphatic rings. The van der Waals surface area contributed by atoms with Crippen molar-refractivity contribution in [2.45, 2.75) is 53.4 Å². The zero-order valence-corrected chi connectivity index (χ0v) is 21.4. The number of allylic oxidation sites excluding steroid dienone is 1. The van der Waals surface area contributed by atoms with E-state index in [2.05, 4.69) is 29.4 Å². The normalized spacial score (nSPS) is 11.1. The van der Waals surface area contributed by atoms with Gasteiger partial charge in [0.05, 0.1) is 18.0 Å². The quantitative estimate of drug-likeness (QED) is 0.243. The average Bonchev–Trinajstić information content (AvgIpc) is 2.81. The summed E-state index contributed by atoms with van der Waals surface area (Å²) in [6.45, 7) is 10.1. The van der Waals surface area contributed by atoms with Crippen molar-refractivity contribution in [3.05, 3.63) is 59.1 Å². The summed E-state index contributed by atoms with van der Waals surface area (Å²) in [5.41, 5.74) is 3.89. The van der Waals surface area contributed by atoms with Crippen LogP contribution < -0.4 is 15.5 Å². The number of hydrogen-bond acceptors (Lipinski definition) is 4. The number of hydrogen-bond donors (Lipinski definition) is 2. The van der Waals surface area contributed by atoms with Gasteiger partial charge in [0.15, 0.2) is 0 Å². The van der Waals surface area contributed by atoms with Crippen LogP contribution in [0.4, 0.5) is 21.9 Å². The molecule has 0 bridgehead atoms. The minimum absolute atomic E-state index is 0.322. The maximum Gasteiger partial charge on any atom is 0.331 e. The summed E-state index contributed by atoms with van der Waals surface area (Å²) in [5.74, 6) is -0.383. The van der Waals surface area contributed by atoms with E-state index in [1.807, 2.05) is 25.1 Å². The maximum atomic E-state index is 12.9. The van der Waals surface area contributed by atoms with Crippen LogP contribution in [0.2, 0.25) is 5.02 Å². The highest BCUT2D eigenvalue weighted by atomic mass is 35.5. The zero-order valence-electron chi connectivity index (χ0n) is 20.6. The number of nitrogens with one attached hydrogen (secondary N) is 2. The van der Waals surface area contributed by atoms with Crippen LogP contribution in [-0.2, 0) is 9.53 Å². The second kappa shape index (κ2) is 14.3. The van der Waals surface area contributed by atoms with Gasteiger partial charge in [-0.2, -0.15) is 0 Å². The van der Waals surface area contributed by atoms with E-state index in [1.165, 1.54) is 6.08 Å². The second-order valence-corrected chi connectivity index (χ2v) is 8.53. The van der Waals surface area contributed by atoms with Crippen molar-refractivity contribution in [3.8, 4) is 0 Å². The Morgan fingerprint density at radius 1 is 0.971 bits per heavy atom. The number of amides is 2. The number of rotatable bonds is 12. The predicted octanol–water partition coefficient (Wildman–Crippen LogP) is 7.36. The summed E-state index contributed by atoms with van der Waals surface area (Å²) in [7, 11) is 0. The molecule has 2 aromatic carbocycles. The third-order valence-corrected chi connectivity index (χ3v) is 5.58. The molecule has 0 saturated heterocycles. The molecule has 2 amide bonds. The number of unbranched alkanes of at least 4 members (excludes halogenated alkanes) is 2. The lowest BCUT2D eigenvalue weighted by molar-refractivity contribution is -0.137. The Morgan fingerprint density at radius 3 is 2.21 bits per heavy atom. The summed E-state index contributed by atoms with van der Waals surface area (Å²) >= 11 is 5.95. The number of carbonyl (C=O) groups excluding carboxylic acids is 2. The van der Waals surface area contributed by atoms with Gasteiger partial charge in [0.2, 0.25) is 0 Å². The van der Waals surface area contributed by atoms with E-state index >= 15 is 0 Å². The highest BCUT2D eigenvalue weighted by Crippen LogP contribution is 2.31. The summed E-state index contributed by atoms with van der Waals surface area (Å²) in [5, 5.41) is 6.47. The smallest absolute Gasteiger partial charge is 0.331 e. The van der Waals surface area contributed by atoms with E-state index in [4.69, 9.17) is 16.3 Å². The minimum Gasteiger partial charge on any atom is -0.463 e. The monoisotopic (exact) mass is 485 g/mol. The lowest BCUT2D eigenvalue weighted by Crippen LogP contribution is -2.28. The van der Waals surface area contributed by atoms with Gasteiger partial charge >= 0.3 is 12.0 Å². The molecule has 0 atom stereocenters. The standard InChI is InChI=1S/C27H36ClN3O3/c1-5-8-16-31(17-9-6-2)25-15-10-21(20(4)18-26(32)34-7-3)19-24(25)30-27(33)29-23-13-11-22(28)12-14-23/h10-15,18-19H,5-9,16-17H2,1-4H3,(H2,29,30,33)/b20-18+. The topological polar surface area (TPSA) is 70.7 Å². The van der Waals surface area contributed by atoms with Crippen molar-refractivity contribution in [1.82, 2.24) is 0 Å². The third kappa shape index (κ3) is 8.75. The Balaban J connectivity index is 2.37. The first-order valence-corrected chi connectivity index (χ1v) is 12.3. The molecule has 7 heteroatoms. The van der Waals surface area contributed by atoms with Crippen LogP contribution in [0.25, 0.3) is 5.57 Å². The largest absolute Gasteiger partial charge is 0.463 e. The first kappa shape index (κ1) is 27.3. The number of benzene rings is 2. The number of carbonyl (C=O) groups is 2. The lowest BCUT2D eigenvalue weighted by Gasteiger charge is -2.28. The van der Waals surface area contributed by atoms with E-state index in [-0.39, 0.29) is 12.0 Å². The molecule has 2 aromatic rings. The molecular formula is C27H36ClN3O3. The van der Waals surface area contributed by atoms with E-state index in [0.717, 1.165) is 55.6 Å². The minimum atomic E-state index is -0.383. The van der Waals surface area contributed by atoms with Crippen molar-refractivity contribution in [1.29, 1.82) is 0 Å². The van der Waals surface area contributed by atoms with Crippen molar-refractivity contribution in [3.63, 3.8) is 0 Å². The number of halogens is 1. The van der Waals surface area contributed by atoms with Crippen LogP contribution >= 0.6 is 11.6 Å². The molecule has 2 rings (SSSR count). The predicted molar refractivity (Wildman–Crippen MR) is 143 cm³/mol. The van der Waals surface area contributed by atoms with E-state index in [9.17, 15) is 9.59 Å². The zero-order chi connectivity index (χ0) is 24.9. The second-order valence-electron chi connectivity index (χ2n) is 8.09. The van der Waals surface area contributed by atoms with E-state index in [1.54, 1.807) is 31.2 Å². The fourth-order valence-corrected chi connectivity index (χ4v) is 3.60. The van der Waals surface area contributed by atoms with Crippen LogP contribution in [0.3, 0.4) is 0 Å². The van der Waals surface area contributed by atoms with Gasteiger partial charge in [0.25, 0.3) is 0 Å². The van der Waals surface area contributed by atoms with E-state index < -0.39 is 0 Å². The number of nitrogens with zero attached hydrogens (tertiary/aromatic N) is 1. The van der Waals surface area contributed by atoms with Gasteiger partial charge in [-0.25, -0.2) is 9.59 Å². The SMILES string of the molecule is CCCCN(CCCC)c1ccc(/C(C)=C/C(=O)OCC)cc1NC(=O)Nc1ccc(Cl)cc1. The molecule has 0 radical (unpaired) electrons. The highest BCUT2D eigenvalue weighted by molar-refractivity contribution is 6.30. The third-order valence-electron chi connectivity index (χ3n) is 5.33. The molecular weight excluding hydrogens is 450 g/mol. The number of anilines is 3. The van der Waals surface area contributed by atoms with Crippen LogP contribution in [0.5, 0.6) is 0 Å². The van der Waals surface area contributed by atoms with Crippen LogP contribution in [0, 0.1) is 0 Å². The summed E-state index contributed by atoms with van der Waals surface area (Å²) in [6, 6.07) is 12.5. The molecule has 0 heterocycles. The summed E-state index contributed by atoms with van der Waals surface area (Å²) < 4.78 is 5.04. The Hall–Kier alpha value is -2.99. The molecule has 0 aliphatic carbocycles. The van der Waals surface area contributed by atoms with Gasteiger partial charge in [0, 0.05) is 29.9 Å². The fourth-order valence-electron chi connectivity index (χ4n) is 3.47. The van der Waals surface area contributed by atoms with Crippen molar-refractivity contribution in [2.24, 2.45) is 0 Å². The molecule has 2 N–H and O–H groups in total. The molecule has 34 heavy (non-hydrogen) atoms. The number of urea groups is 1. The molecule has 0 unspecified atom stereocenters. The average molecular weight is 486 g/mol. The van der Waals surface area contributed by atoms with Gasteiger partial charge in [-0.1, -0.05) is 44.4 Å². The lowest BCUT2D eigenvalue weighted by atomic mass is 10.0. The highest BCUT2D eigenvalue weighted by Gasteiger charge is 2.15. The first-order valence-electron chi connectivity index (χ1n) is 12.0. The summed E-state index contributed by atoms with van der Waals surface area (Å²) in [6.07, 6.45) is 5.76. The first-order chi connectivity index (χ1) is 16.4. The molecule has 6 nitrogen and oxygen atoms in total. The fraction of sp³-hybridized carbons (Fsp3) is 0.407. The summed E-state index contributed by atoms with van der Waals surface area (Å²) in [4.78, 5) is 27.1. The molecule has 0 saturated carbocycles. The van der Waals surface area contributed by atoms with Crippen LogP contribution in [0.1, 0.15) is 58.9 Å². The molecule has 0 spiro atoms. The van der Waals surface area contributed by atoms with Crippen LogP contribution in [-0.4, -0.2) is 31.7 Å². The van der Waals surface area contributed by atoms with Crippen molar-refractivity contribution in [2.75, 3.05) is 35.2 Å². The number of ether oxygens (including phenoxy) is 1. The Kier molecular flexibility index (Phi) is 11.5. The van der Waals surface area contributed by atoms with Gasteiger partial charge < -0.3 is 20.3 Å². The van der Waals surface area contributed by atoms with E-state index in [0.29, 0.717) is 23.0 Å². The van der Waals surface area contributed by atoms with Gasteiger partial charge in [-0.3, -0.25) is 0 Å². The Morgan fingerprint density at radius 2 is 1.62 bits per heavy atom.